The first-order valence-electron chi connectivity index (χ1n) is 4.40. The van der Waals surface area contributed by atoms with Gasteiger partial charge in [0.15, 0.2) is 0 Å². The third-order valence-electron chi connectivity index (χ3n) is 1.99. The molecule has 0 spiro atoms. The van der Waals surface area contributed by atoms with Gasteiger partial charge in [-0.05, 0) is 31.9 Å². The average molecular weight is 220 g/mol. The zero-order valence-corrected chi connectivity index (χ0v) is 8.61. The van der Waals surface area contributed by atoms with Gasteiger partial charge in [-0.15, -0.1) is 0 Å². The molecule has 14 heavy (non-hydrogen) atoms. The molecule has 0 saturated heterocycles. The SMILES string of the molecule is CC(N)CCc1c(F)ccc(F)c1Cl. The summed E-state index contributed by atoms with van der Waals surface area (Å²) in [5, 5.41) is -0.134. The third kappa shape index (κ3) is 2.66. The molecule has 1 unspecified atom stereocenters. The Hall–Kier alpha value is -0.670. The minimum Gasteiger partial charge on any atom is -0.328 e. The normalized spacial score (nSPS) is 12.9. The van der Waals surface area contributed by atoms with Crippen LogP contribution < -0.4 is 5.73 Å². The Morgan fingerprint density at radius 1 is 1.36 bits per heavy atom. The molecule has 0 radical (unpaired) electrons. The Labute approximate surface area is 86.9 Å². The van der Waals surface area contributed by atoms with Gasteiger partial charge >= 0.3 is 0 Å². The van der Waals surface area contributed by atoms with Gasteiger partial charge < -0.3 is 5.73 Å². The van der Waals surface area contributed by atoms with Crippen molar-refractivity contribution in [2.75, 3.05) is 0 Å². The molecule has 0 aliphatic carbocycles. The summed E-state index contributed by atoms with van der Waals surface area (Å²) in [6.07, 6.45) is 0.945. The van der Waals surface area contributed by atoms with Crippen molar-refractivity contribution in [1.29, 1.82) is 0 Å². The maximum atomic E-state index is 13.2. The molecule has 0 fully saturated rings. The van der Waals surface area contributed by atoms with Gasteiger partial charge in [-0.25, -0.2) is 8.78 Å². The predicted molar refractivity (Wildman–Crippen MR) is 53.3 cm³/mol. The summed E-state index contributed by atoms with van der Waals surface area (Å²) in [5.74, 6) is -1.07. The predicted octanol–water partition coefficient (Wildman–Crippen LogP) is 2.90. The molecule has 4 heteroatoms. The molecule has 2 N–H and O–H groups in total. The summed E-state index contributed by atoms with van der Waals surface area (Å²) in [6, 6.07) is 2.05. The van der Waals surface area contributed by atoms with Crippen LogP contribution in [-0.4, -0.2) is 6.04 Å². The zero-order valence-electron chi connectivity index (χ0n) is 7.86. The quantitative estimate of drug-likeness (QED) is 0.778. The standard InChI is InChI=1S/C10H12ClF2N/c1-6(14)2-3-7-8(12)4-5-9(13)10(7)11/h4-6H,2-3,14H2,1H3. The van der Waals surface area contributed by atoms with Crippen molar-refractivity contribution in [2.24, 2.45) is 5.73 Å². The minimum atomic E-state index is -0.590. The van der Waals surface area contributed by atoms with Gasteiger partial charge in [-0.3, -0.25) is 0 Å². The molecular formula is C10H12ClF2N. The van der Waals surface area contributed by atoms with Crippen molar-refractivity contribution in [3.8, 4) is 0 Å². The molecule has 78 valence electrons. The van der Waals surface area contributed by atoms with Crippen molar-refractivity contribution in [3.05, 3.63) is 34.4 Å². The average Bonchev–Trinajstić information content (AvgIpc) is 2.11. The largest absolute Gasteiger partial charge is 0.328 e. The second-order valence-corrected chi connectivity index (χ2v) is 3.72. The van der Waals surface area contributed by atoms with Gasteiger partial charge in [0.05, 0.1) is 5.02 Å². The van der Waals surface area contributed by atoms with Crippen LogP contribution in [0.3, 0.4) is 0 Å². The Morgan fingerprint density at radius 3 is 2.50 bits per heavy atom. The van der Waals surface area contributed by atoms with Gasteiger partial charge in [0.2, 0.25) is 0 Å². The Bertz CT molecular complexity index is 326. The second kappa shape index (κ2) is 4.71. The molecule has 1 aromatic carbocycles. The maximum Gasteiger partial charge on any atom is 0.142 e. The minimum absolute atomic E-state index is 0.0475. The van der Waals surface area contributed by atoms with Gasteiger partial charge in [0.1, 0.15) is 11.6 Å². The highest BCUT2D eigenvalue weighted by Gasteiger charge is 2.11. The molecule has 0 aliphatic heterocycles. The molecule has 0 bridgehead atoms. The van der Waals surface area contributed by atoms with Gasteiger partial charge in [0.25, 0.3) is 0 Å². The summed E-state index contributed by atoms with van der Waals surface area (Å²) in [7, 11) is 0. The summed E-state index contributed by atoms with van der Waals surface area (Å²) in [4.78, 5) is 0. The van der Waals surface area contributed by atoms with Crippen molar-refractivity contribution in [3.63, 3.8) is 0 Å². The Kier molecular flexibility index (Phi) is 3.84. The summed E-state index contributed by atoms with van der Waals surface area (Å²) in [5.41, 5.74) is 5.73. The molecule has 0 amide bonds. The fourth-order valence-electron chi connectivity index (χ4n) is 1.17. The van der Waals surface area contributed by atoms with Crippen molar-refractivity contribution < 1.29 is 8.78 Å². The van der Waals surface area contributed by atoms with E-state index in [0.29, 0.717) is 12.8 Å². The van der Waals surface area contributed by atoms with Crippen LogP contribution in [0.25, 0.3) is 0 Å². The number of hydrogen-bond donors (Lipinski definition) is 1. The summed E-state index contributed by atoms with van der Waals surface area (Å²) < 4.78 is 26.1. The first-order valence-corrected chi connectivity index (χ1v) is 4.78. The molecule has 0 saturated carbocycles. The lowest BCUT2D eigenvalue weighted by molar-refractivity contribution is 0.572. The molecule has 1 aromatic rings. The van der Waals surface area contributed by atoms with Crippen molar-refractivity contribution in [2.45, 2.75) is 25.8 Å². The van der Waals surface area contributed by atoms with Crippen molar-refractivity contribution in [1.82, 2.24) is 0 Å². The van der Waals surface area contributed by atoms with Gasteiger partial charge in [-0.1, -0.05) is 11.6 Å². The van der Waals surface area contributed by atoms with E-state index in [-0.39, 0.29) is 16.6 Å². The lowest BCUT2D eigenvalue weighted by Crippen LogP contribution is -2.15. The topological polar surface area (TPSA) is 26.0 Å². The molecule has 0 heterocycles. The van der Waals surface area contributed by atoms with Gasteiger partial charge in [0, 0.05) is 11.6 Å². The van der Waals surface area contributed by atoms with Crippen LogP contribution in [0.1, 0.15) is 18.9 Å². The van der Waals surface area contributed by atoms with E-state index in [2.05, 4.69) is 0 Å². The second-order valence-electron chi connectivity index (χ2n) is 3.34. The van der Waals surface area contributed by atoms with Gasteiger partial charge in [-0.2, -0.15) is 0 Å². The maximum absolute atomic E-state index is 13.2. The van der Waals surface area contributed by atoms with E-state index in [1.54, 1.807) is 0 Å². The highest BCUT2D eigenvalue weighted by Crippen LogP contribution is 2.24. The number of halogens is 3. The third-order valence-corrected chi connectivity index (χ3v) is 2.40. The summed E-state index contributed by atoms with van der Waals surface area (Å²) in [6.45, 7) is 1.81. The van der Waals surface area contributed by atoms with Crippen LogP contribution in [0.2, 0.25) is 5.02 Å². The van der Waals surface area contributed by atoms with E-state index in [0.717, 1.165) is 12.1 Å². The molecule has 1 nitrogen and oxygen atoms in total. The highest BCUT2D eigenvalue weighted by molar-refractivity contribution is 6.31. The van der Waals surface area contributed by atoms with E-state index in [1.165, 1.54) is 0 Å². The smallest absolute Gasteiger partial charge is 0.142 e. The summed E-state index contributed by atoms with van der Waals surface area (Å²) >= 11 is 5.63. The van der Waals surface area contributed by atoms with Crippen LogP contribution in [0, 0.1) is 11.6 Å². The van der Waals surface area contributed by atoms with Crippen LogP contribution in [0.5, 0.6) is 0 Å². The van der Waals surface area contributed by atoms with E-state index < -0.39 is 11.6 Å². The van der Waals surface area contributed by atoms with Crippen LogP contribution in [-0.2, 0) is 6.42 Å². The molecule has 0 aromatic heterocycles. The number of rotatable bonds is 3. The number of benzene rings is 1. The molecule has 0 aliphatic rings. The zero-order chi connectivity index (χ0) is 10.7. The molecular weight excluding hydrogens is 208 g/mol. The lowest BCUT2D eigenvalue weighted by Gasteiger charge is -2.08. The van der Waals surface area contributed by atoms with Crippen LogP contribution >= 0.6 is 11.6 Å². The monoisotopic (exact) mass is 219 g/mol. The van der Waals surface area contributed by atoms with Crippen LogP contribution in [0.15, 0.2) is 12.1 Å². The fourth-order valence-corrected chi connectivity index (χ4v) is 1.42. The first kappa shape index (κ1) is 11.4. The fraction of sp³-hybridized carbons (Fsp3) is 0.400. The highest BCUT2D eigenvalue weighted by atomic mass is 35.5. The lowest BCUT2D eigenvalue weighted by atomic mass is 10.1. The van der Waals surface area contributed by atoms with Crippen LogP contribution in [0.4, 0.5) is 8.78 Å². The van der Waals surface area contributed by atoms with E-state index in [4.69, 9.17) is 17.3 Å². The van der Waals surface area contributed by atoms with Crippen molar-refractivity contribution >= 4 is 11.6 Å². The van der Waals surface area contributed by atoms with E-state index >= 15 is 0 Å². The molecule has 1 rings (SSSR count). The Balaban J connectivity index is 2.89. The van der Waals surface area contributed by atoms with E-state index in [9.17, 15) is 8.78 Å². The first-order chi connectivity index (χ1) is 6.52. The van der Waals surface area contributed by atoms with E-state index in [1.807, 2.05) is 6.92 Å². The molecule has 1 atom stereocenters. The number of hydrogen-bond acceptors (Lipinski definition) is 1. The number of nitrogens with two attached hydrogens (primary N) is 1. The Morgan fingerprint density at radius 2 is 1.93 bits per heavy atom.